The Morgan fingerprint density at radius 2 is 1.80 bits per heavy atom. The number of carbonyl (C=O) groups excluding carboxylic acids is 1. The lowest BCUT2D eigenvalue weighted by Crippen LogP contribution is -2.42. The van der Waals surface area contributed by atoms with Gasteiger partial charge in [-0.05, 0) is 60.0 Å². The molecule has 0 unspecified atom stereocenters. The van der Waals surface area contributed by atoms with Crippen LogP contribution in [0.4, 0.5) is 0 Å². The first kappa shape index (κ1) is 25.0. The number of amides is 1. The molecule has 0 spiro atoms. The van der Waals surface area contributed by atoms with Crippen molar-refractivity contribution in [3.8, 4) is 11.5 Å². The maximum absolute atomic E-state index is 13.6. The Labute approximate surface area is 210 Å². The molecule has 3 aromatic rings. The van der Waals surface area contributed by atoms with Crippen LogP contribution in [0.15, 0.2) is 71.6 Å². The number of halogens is 1. The fourth-order valence-corrected chi connectivity index (χ4v) is 6.06. The summed E-state index contributed by atoms with van der Waals surface area (Å²) in [6.07, 6.45) is 0.554. The predicted octanol–water partition coefficient (Wildman–Crippen LogP) is 4.35. The van der Waals surface area contributed by atoms with Crippen LogP contribution in [0, 0.1) is 0 Å². The van der Waals surface area contributed by atoms with Crippen molar-refractivity contribution in [2.45, 2.75) is 30.3 Å². The van der Waals surface area contributed by atoms with Crippen LogP contribution >= 0.6 is 11.6 Å². The highest BCUT2D eigenvalue weighted by Gasteiger charge is 2.37. The van der Waals surface area contributed by atoms with Gasteiger partial charge in [-0.3, -0.25) is 4.79 Å². The number of nitrogens with one attached hydrogen (secondary N) is 1. The van der Waals surface area contributed by atoms with Crippen LogP contribution in [0.25, 0.3) is 0 Å². The molecule has 0 fully saturated rings. The first-order chi connectivity index (χ1) is 16.8. The summed E-state index contributed by atoms with van der Waals surface area (Å²) in [5.41, 5.74) is 2.64. The van der Waals surface area contributed by atoms with Crippen molar-refractivity contribution in [1.82, 2.24) is 9.62 Å². The molecule has 1 N–H and O–H groups in total. The second-order valence-corrected chi connectivity index (χ2v) is 10.5. The number of nitrogens with zero attached hydrogens (tertiary/aromatic N) is 1. The van der Waals surface area contributed by atoms with Crippen molar-refractivity contribution in [2.24, 2.45) is 0 Å². The molecule has 4 rings (SSSR count). The van der Waals surface area contributed by atoms with E-state index in [9.17, 15) is 13.2 Å². The highest BCUT2D eigenvalue weighted by atomic mass is 35.5. The highest BCUT2D eigenvalue weighted by molar-refractivity contribution is 7.89. The van der Waals surface area contributed by atoms with Gasteiger partial charge < -0.3 is 14.8 Å². The van der Waals surface area contributed by atoms with Crippen molar-refractivity contribution >= 4 is 27.5 Å². The van der Waals surface area contributed by atoms with Gasteiger partial charge in [-0.2, -0.15) is 4.31 Å². The summed E-state index contributed by atoms with van der Waals surface area (Å²) in [6.45, 7) is 0.501. The van der Waals surface area contributed by atoms with Crippen molar-refractivity contribution < 1.29 is 22.7 Å². The molecule has 0 aliphatic carbocycles. The largest absolute Gasteiger partial charge is 0.497 e. The van der Waals surface area contributed by atoms with Gasteiger partial charge in [0, 0.05) is 30.1 Å². The molecule has 0 aromatic heterocycles. The molecule has 1 heterocycles. The number of sulfonamides is 1. The Morgan fingerprint density at radius 3 is 2.51 bits per heavy atom. The highest BCUT2D eigenvalue weighted by Crippen LogP contribution is 2.36. The number of methoxy groups -OCH3 is 2. The summed E-state index contributed by atoms with van der Waals surface area (Å²) in [5, 5.41) is 3.36. The fourth-order valence-electron chi connectivity index (χ4n) is 4.33. The van der Waals surface area contributed by atoms with E-state index in [1.807, 2.05) is 24.3 Å². The van der Waals surface area contributed by atoms with Crippen molar-refractivity contribution in [2.75, 3.05) is 20.8 Å². The molecule has 0 radical (unpaired) electrons. The Morgan fingerprint density at radius 1 is 1.06 bits per heavy atom. The number of ether oxygens (including phenoxy) is 2. The number of carbonyl (C=O) groups is 1. The SMILES string of the molecule is COc1ccc(OC)c(CNC(=O)C[C@@H]2c3ccccc3CCN2S(=O)(=O)c2ccc(Cl)cc2)c1. The Balaban J connectivity index is 1.58. The number of fused-ring (bicyclic) bond motifs is 1. The number of hydrogen-bond acceptors (Lipinski definition) is 5. The van der Waals surface area contributed by atoms with Crippen molar-refractivity contribution in [3.63, 3.8) is 0 Å². The molecule has 1 amide bonds. The maximum atomic E-state index is 13.6. The van der Waals surface area contributed by atoms with E-state index >= 15 is 0 Å². The number of benzene rings is 3. The van der Waals surface area contributed by atoms with Gasteiger partial charge in [-0.25, -0.2) is 8.42 Å². The molecular formula is C26H27ClN2O5S. The third kappa shape index (κ3) is 5.45. The van der Waals surface area contributed by atoms with Gasteiger partial charge in [0.2, 0.25) is 15.9 Å². The minimum Gasteiger partial charge on any atom is -0.497 e. The van der Waals surface area contributed by atoms with Crippen LogP contribution < -0.4 is 14.8 Å². The van der Waals surface area contributed by atoms with Gasteiger partial charge in [0.15, 0.2) is 0 Å². The molecule has 7 nitrogen and oxygen atoms in total. The van der Waals surface area contributed by atoms with Crippen LogP contribution in [0.5, 0.6) is 11.5 Å². The number of hydrogen-bond donors (Lipinski definition) is 1. The molecular weight excluding hydrogens is 488 g/mol. The van der Waals surface area contributed by atoms with E-state index in [4.69, 9.17) is 21.1 Å². The van der Waals surface area contributed by atoms with Crippen LogP contribution in [0.1, 0.15) is 29.2 Å². The monoisotopic (exact) mass is 514 g/mol. The molecule has 184 valence electrons. The summed E-state index contributed by atoms with van der Waals surface area (Å²) in [5.74, 6) is 1.01. The quantitative estimate of drug-likeness (QED) is 0.483. The smallest absolute Gasteiger partial charge is 0.243 e. The zero-order valence-corrected chi connectivity index (χ0v) is 21.1. The molecule has 1 aliphatic rings. The van der Waals surface area contributed by atoms with Gasteiger partial charge >= 0.3 is 0 Å². The van der Waals surface area contributed by atoms with E-state index in [-0.39, 0.29) is 30.3 Å². The molecule has 0 saturated carbocycles. The molecule has 35 heavy (non-hydrogen) atoms. The predicted molar refractivity (Wildman–Crippen MR) is 134 cm³/mol. The summed E-state index contributed by atoms with van der Waals surface area (Å²) in [6, 6.07) is 18.5. The third-order valence-electron chi connectivity index (χ3n) is 6.13. The summed E-state index contributed by atoms with van der Waals surface area (Å²) in [7, 11) is -0.714. The first-order valence-electron chi connectivity index (χ1n) is 11.2. The minimum absolute atomic E-state index is 0.0177. The molecule has 3 aromatic carbocycles. The maximum Gasteiger partial charge on any atom is 0.243 e. The summed E-state index contributed by atoms with van der Waals surface area (Å²) >= 11 is 5.96. The third-order valence-corrected chi connectivity index (χ3v) is 8.30. The van der Waals surface area contributed by atoms with E-state index in [0.717, 1.165) is 16.7 Å². The van der Waals surface area contributed by atoms with Crippen LogP contribution in [0.2, 0.25) is 5.02 Å². The summed E-state index contributed by atoms with van der Waals surface area (Å²) in [4.78, 5) is 13.2. The Hall–Kier alpha value is -3.07. The second kappa shape index (κ2) is 10.7. The zero-order valence-electron chi connectivity index (χ0n) is 19.5. The zero-order chi connectivity index (χ0) is 25.0. The fraction of sp³-hybridized carbons (Fsp3) is 0.269. The second-order valence-electron chi connectivity index (χ2n) is 8.19. The van der Waals surface area contributed by atoms with Gasteiger partial charge in [0.1, 0.15) is 11.5 Å². The van der Waals surface area contributed by atoms with Gasteiger partial charge in [-0.1, -0.05) is 35.9 Å². The molecule has 1 aliphatic heterocycles. The van der Waals surface area contributed by atoms with Crippen LogP contribution in [-0.2, 0) is 27.8 Å². The van der Waals surface area contributed by atoms with E-state index < -0.39 is 16.1 Å². The van der Waals surface area contributed by atoms with Crippen molar-refractivity contribution in [3.05, 3.63) is 88.4 Å². The minimum atomic E-state index is -3.84. The van der Waals surface area contributed by atoms with Crippen molar-refractivity contribution in [1.29, 1.82) is 0 Å². The van der Waals surface area contributed by atoms with Gasteiger partial charge in [0.25, 0.3) is 0 Å². The average Bonchev–Trinajstić information content (AvgIpc) is 2.87. The first-order valence-corrected chi connectivity index (χ1v) is 13.0. The van der Waals surface area contributed by atoms with E-state index in [1.54, 1.807) is 44.6 Å². The standard InChI is InChI=1S/C26H27ClN2O5S/c1-33-21-9-12-25(34-2)19(15-21)17-28-26(30)16-24-23-6-4-3-5-18(23)13-14-29(24)35(31,32)22-10-7-20(27)8-11-22/h3-12,15,24H,13-14,16-17H2,1-2H3,(H,28,30)/t24-/m1/s1. The topological polar surface area (TPSA) is 84.9 Å². The van der Waals surface area contributed by atoms with Gasteiger partial charge in [0.05, 0.1) is 25.2 Å². The number of rotatable bonds is 8. The average molecular weight is 515 g/mol. The normalized spacial score (nSPS) is 15.8. The lowest BCUT2D eigenvalue weighted by molar-refractivity contribution is -0.122. The lowest BCUT2D eigenvalue weighted by Gasteiger charge is -2.36. The van der Waals surface area contributed by atoms with Gasteiger partial charge in [-0.15, -0.1) is 0 Å². The van der Waals surface area contributed by atoms with Crippen LogP contribution in [0.3, 0.4) is 0 Å². The molecule has 0 saturated heterocycles. The molecule has 0 bridgehead atoms. The lowest BCUT2D eigenvalue weighted by atomic mass is 9.92. The van der Waals surface area contributed by atoms with Crippen LogP contribution in [-0.4, -0.2) is 39.4 Å². The Bertz CT molecular complexity index is 1310. The summed E-state index contributed by atoms with van der Waals surface area (Å²) < 4.78 is 39.2. The Kier molecular flexibility index (Phi) is 7.64. The van der Waals surface area contributed by atoms with E-state index in [2.05, 4.69) is 5.32 Å². The molecule has 1 atom stereocenters. The van der Waals surface area contributed by atoms with E-state index in [1.165, 1.54) is 16.4 Å². The van der Waals surface area contributed by atoms with E-state index in [0.29, 0.717) is 22.9 Å². The molecule has 9 heteroatoms.